The Kier molecular flexibility index (Phi) is 15.6. The van der Waals surface area contributed by atoms with Crippen LogP contribution in [0.15, 0.2) is 65.8 Å². The maximum atomic E-state index is 12.3. The highest BCUT2D eigenvalue weighted by atomic mass is 79.9. The molecule has 0 bridgehead atoms. The molecule has 0 radical (unpaired) electrons. The van der Waals surface area contributed by atoms with E-state index in [2.05, 4.69) is 35.9 Å². The highest BCUT2D eigenvalue weighted by Crippen LogP contribution is 2.39. The molecule has 0 saturated carbocycles. The molecule has 262 valence electrons. The average molecular weight is 802 g/mol. The van der Waals surface area contributed by atoms with E-state index in [-0.39, 0.29) is 26.1 Å². The summed E-state index contributed by atoms with van der Waals surface area (Å²) in [6.07, 6.45) is 6.13. The van der Waals surface area contributed by atoms with Crippen LogP contribution in [0.1, 0.15) is 42.5 Å². The van der Waals surface area contributed by atoms with Crippen molar-refractivity contribution in [3.05, 3.63) is 76.1 Å². The van der Waals surface area contributed by atoms with Gasteiger partial charge in [0.15, 0.2) is 0 Å². The summed E-state index contributed by atoms with van der Waals surface area (Å²) in [5.74, 6) is 0. The maximum Gasteiger partial charge on any atom is 0.494 e. The summed E-state index contributed by atoms with van der Waals surface area (Å²) in [6.45, 7) is 14.8. The van der Waals surface area contributed by atoms with Gasteiger partial charge in [0, 0.05) is 27.5 Å². The first kappa shape index (κ1) is 43.7. The molecular weight excluding hydrogens is 756 g/mol. The van der Waals surface area contributed by atoms with Crippen LogP contribution in [0, 0.1) is 0 Å². The number of halogens is 3. The second kappa shape index (κ2) is 17.1. The number of hydrogen-bond acceptors (Lipinski definition) is 10. The van der Waals surface area contributed by atoms with Gasteiger partial charge < -0.3 is 29.9 Å². The van der Waals surface area contributed by atoms with Gasteiger partial charge in [-0.2, -0.15) is 0 Å². The highest BCUT2D eigenvalue weighted by molar-refractivity contribution is 9.10. The lowest BCUT2D eigenvalue weighted by molar-refractivity contribution is 0.00578. The summed E-state index contributed by atoms with van der Waals surface area (Å²) in [5, 5.41) is 2.06. The van der Waals surface area contributed by atoms with Crippen LogP contribution >= 0.6 is 53.4 Å². The summed E-state index contributed by atoms with van der Waals surface area (Å²) >= 11 is 14.3. The maximum absolute atomic E-state index is 12.3. The van der Waals surface area contributed by atoms with Gasteiger partial charge in [-0.05, 0) is 100 Å². The third-order valence-electron chi connectivity index (χ3n) is 7.25. The van der Waals surface area contributed by atoms with Crippen LogP contribution in [-0.2, 0) is 18.4 Å². The number of rotatable bonds is 4. The van der Waals surface area contributed by atoms with E-state index in [9.17, 15) is 9.13 Å². The van der Waals surface area contributed by atoms with Crippen molar-refractivity contribution in [3.8, 4) is 11.3 Å². The molecule has 1 fully saturated rings. The summed E-state index contributed by atoms with van der Waals surface area (Å²) in [7, 11) is -5.30. The highest BCUT2D eigenvalue weighted by Gasteiger charge is 2.51. The molecule has 4 N–H and O–H groups in total. The van der Waals surface area contributed by atoms with E-state index >= 15 is 0 Å². The summed E-state index contributed by atoms with van der Waals surface area (Å²) in [4.78, 5) is 15.7. The quantitative estimate of drug-likeness (QED) is 0.120. The zero-order chi connectivity index (χ0) is 34.7. The van der Waals surface area contributed by atoms with Crippen molar-refractivity contribution < 1.29 is 18.4 Å². The summed E-state index contributed by atoms with van der Waals surface area (Å²) in [6, 6.07) is 10.8. The van der Waals surface area contributed by atoms with Crippen molar-refractivity contribution in [1.29, 1.82) is 0 Å². The number of nitrogens with two attached hydrogens (primary N) is 2. The fraction of sp³-hybridized carbons (Fsp3) is 0.375. The second-order valence-corrected chi connectivity index (χ2v) is 20.2. The van der Waals surface area contributed by atoms with Crippen molar-refractivity contribution >= 4 is 88.0 Å². The standard InChI is InChI=1S/C14H23BNO3P.C12H13ClN3OP.C4H2BrClN2.2CH4/c1-13(2)14(3,4)19-15(18-13)10-7-8-11(16)12(9-10)20(5,6)17;1-18(2,17)11-5-8(3-4-9(11)14)10-6-15-7-12(13)16-10;5-3-1-7-2-4(6)8-3;;/h7-9H,16H2,1-6H3;3-7H,14H2,1-2H3;1-2H;2*1H4. The lowest BCUT2D eigenvalue weighted by Gasteiger charge is -2.32. The van der Waals surface area contributed by atoms with Crippen LogP contribution in [0.5, 0.6) is 0 Å². The SMILES string of the molecule is C.C.CC1(C)OB(c2ccc(N)c(P(C)(C)=O)c2)OC1(C)C.CP(C)(=O)c1cc(-c2cncc(Cl)n2)ccc1N.Clc1cncc(Br)n1. The Bertz CT molecular complexity index is 1770. The second-order valence-electron chi connectivity index (χ2n) is 12.3. The predicted octanol–water partition coefficient (Wildman–Crippen LogP) is 7.61. The predicted molar refractivity (Wildman–Crippen MR) is 210 cm³/mol. The zero-order valence-corrected chi connectivity index (χ0v) is 31.8. The van der Waals surface area contributed by atoms with E-state index in [1.807, 2.05) is 45.9 Å². The van der Waals surface area contributed by atoms with Crippen LogP contribution in [0.3, 0.4) is 0 Å². The van der Waals surface area contributed by atoms with Crippen molar-refractivity contribution in [2.24, 2.45) is 0 Å². The fourth-order valence-electron chi connectivity index (χ4n) is 4.12. The Morgan fingerprint density at radius 3 is 1.62 bits per heavy atom. The fourth-order valence-corrected chi connectivity index (χ4v) is 7.13. The number of nitrogen functional groups attached to an aromatic ring is 2. The molecule has 2 aromatic carbocycles. The van der Waals surface area contributed by atoms with Gasteiger partial charge >= 0.3 is 7.12 Å². The van der Waals surface area contributed by atoms with Crippen LogP contribution in [0.4, 0.5) is 11.4 Å². The minimum atomic E-state index is -2.42. The molecule has 16 heteroatoms. The van der Waals surface area contributed by atoms with Gasteiger partial charge in [-0.3, -0.25) is 9.97 Å². The number of hydrogen-bond donors (Lipinski definition) is 2. The third kappa shape index (κ3) is 11.7. The Morgan fingerprint density at radius 2 is 1.19 bits per heavy atom. The van der Waals surface area contributed by atoms with Crippen LogP contribution in [0.2, 0.25) is 10.3 Å². The van der Waals surface area contributed by atoms with E-state index in [1.54, 1.807) is 57.3 Å². The van der Waals surface area contributed by atoms with Crippen LogP contribution in [0.25, 0.3) is 11.3 Å². The minimum Gasteiger partial charge on any atom is -0.399 e. The number of benzene rings is 2. The molecule has 0 unspecified atom stereocenters. The number of anilines is 2. The first-order valence-corrected chi connectivity index (χ1v) is 20.7. The van der Waals surface area contributed by atoms with E-state index in [0.29, 0.717) is 42.6 Å². The summed E-state index contributed by atoms with van der Waals surface area (Å²) in [5.41, 5.74) is 14.4. The zero-order valence-electron chi connectivity index (χ0n) is 27.0. The monoisotopic (exact) mass is 800 g/mol. The first-order valence-electron chi connectivity index (χ1n) is 14.0. The summed E-state index contributed by atoms with van der Waals surface area (Å²) < 4.78 is 37.1. The molecule has 1 aliphatic rings. The average Bonchev–Trinajstić information content (AvgIpc) is 3.15. The number of nitrogens with zero attached hydrogens (tertiary/aromatic N) is 4. The minimum absolute atomic E-state index is 0. The molecule has 1 saturated heterocycles. The van der Waals surface area contributed by atoms with Crippen molar-refractivity contribution in [2.75, 3.05) is 38.1 Å². The molecule has 5 rings (SSSR count). The normalized spacial score (nSPS) is 14.7. The van der Waals surface area contributed by atoms with Gasteiger partial charge in [0.05, 0.1) is 41.7 Å². The van der Waals surface area contributed by atoms with Gasteiger partial charge in [0.25, 0.3) is 0 Å². The molecule has 3 heterocycles. The third-order valence-corrected chi connectivity index (χ3v) is 11.1. The molecular formula is C32H46BBrCl2N6O4P2. The van der Waals surface area contributed by atoms with Crippen LogP contribution < -0.4 is 27.5 Å². The lowest BCUT2D eigenvalue weighted by atomic mass is 9.79. The Balaban J connectivity index is 0.000000380. The molecule has 0 spiro atoms. The molecule has 1 aliphatic heterocycles. The Hall–Kier alpha value is -2.30. The van der Waals surface area contributed by atoms with Crippen molar-refractivity contribution in [3.63, 3.8) is 0 Å². The van der Waals surface area contributed by atoms with Crippen molar-refractivity contribution in [2.45, 2.75) is 53.8 Å². The molecule has 0 amide bonds. The van der Waals surface area contributed by atoms with Gasteiger partial charge in [-0.1, -0.05) is 50.2 Å². The molecule has 48 heavy (non-hydrogen) atoms. The van der Waals surface area contributed by atoms with E-state index < -0.39 is 21.4 Å². The van der Waals surface area contributed by atoms with Crippen LogP contribution in [-0.4, -0.2) is 64.9 Å². The largest absolute Gasteiger partial charge is 0.494 e. The molecule has 2 aromatic heterocycles. The van der Waals surface area contributed by atoms with Gasteiger partial charge in [-0.15, -0.1) is 0 Å². The molecule has 0 atom stereocenters. The van der Waals surface area contributed by atoms with E-state index in [1.165, 1.54) is 12.4 Å². The van der Waals surface area contributed by atoms with Gasteiger partial charge in [-0.25, -0.2) is 9.97 Å². The van der Waals surface area contributed by atoms with Gasteiger partial charge in [0.1, 0.15) is 29.2 Å². The van der Waals surface area contributed by atoms with Gasteiger partial charge in [0.2, 0.25) is 0 Å². The topological polar surface area (TPSA) is 156 Å². The molecule has 4 aromatic rings. The molecule has 0 aliphatic carbocycles. The molecule has 10 nitrogen and oxygen atoms in total. The Labute approximate surface area is 304 Å². The van der Waals surface area contributed by atoms with Crippen molar-refractivity contribution in [1.82, 2.24) is 19.9 Å². The van der Waals surface area contributed by atoms with E-state index in [0.717, 1.165) is 11.0 Å². The number of aromatic nitrogens is 4. The lowest BCUT2D eigenvalue weighted by Crippen LogP contribution is -2.41. The smallest absolute Gasteiger partial charge is 0.399 e. The van der Waals surface area contributed by atoms with E-state index in [4.69, 9.17) is 44.0 Å². The Morgan fingerprint density at radius 1 is 0.729 bits per heavy atom. The first-order chi connectivity index (χ1) is 21.1.